The molecule has 0 N–H and O–H groups in total. The van der Waals surface area contributed by atoms with Gasteiger partial charge in [0.2, 0.25) is 0 Å². The van der Waals surface area contributed by atoms with Crippen molar-refractivity contribution in [2.45, 2.75) is 0 Å². The van der Waals surface area contributed by atoms with Crippen molar-refractivity contribution < 1.29 is 0 Å². The van der Waals surface area contributed by atoms with E-state index in [0.29, 0.717) is 17.5 Å². The van der Waals surface area contributed by atoms with Gasteiger partial charge in [-0.1, -0.05) is 188 Å². The Balaban J connectivity index is 0.974. The first-order chi connectivity index (χ1) is 27.2. The molecule has 0 radical (unpaired) electrons. The van der Waals surface area contributed by atoms with Crippen LogP contribution < -0.4 is 0 Å². The normalized spacial score (nSPS) is 11.3. The molecule has 0 aliphatic carbocycles. The summed E-state index contributed by atoms with van der Waals surface area (Å²) in [7, 11) is 0. The zero-order chi connectivity index (χ0) is 36.6. The number of thiophene rings is 1. The third-order valence-electron chi connectivity index (χ3n) is 10.2. The zero-order valence-corrected chi connectivity index (χ0v) is 30.6. The third-order valence-corrected chi connectivity index (χ3v) is 11.4. The van der Waals surface area contributed by atoms with Crippen LogP contribution >= 0.6 is 11.3 Å². The fourth-order valence-corrected chi connectivity index (χ4v) is 8.54. The average molecular weight is 720 g/mol. The fourth-order valence-electron chi connectivity index (χ4n) is 7.30. The van der Waals surface area contributed by atoms with Gasteiger partial charge in [-0.05, 0) is 56.6 Å². The Morgan fingerprint density at radius 3 is 1.31 bits per heavy atom. The van der Waals surface area contributed by atoms with E-state index in [4.69, 9.17) is 15.0 Å². The predicted molar refractivity (Wildman–Crippen MR) is 231 cm³/mol. The van der Waals surface area contributed by atoms with Crippen molar-refractivity contribution in [2.75, 3.05) is 0 Å². The molecule has 0 aliphatic rings. The number of rotatable bonds is 7. The van der Waals surface area contributed by atoms with Crippen LogP contribution in [-0.2, 0) is 0 Å². The summed E-state index contributed by atoms with van der Waals surface area (Å²) < 4.78 is 2.61. The summed E-state index contributed by atoms with van der Waals surface area (Å²) in [5, 5.41) is 2.60. The van der Waals surface area contributed by atoms with Crippen molar-refractivity contribution in [3.05, 3.63) is 200 Å². The van der Waals surface area contributed by atoms with Crippen molar-refractivity contribution in [1.82, 2.24) is 15.0 Å². The van der Waals surface area contributed by atoms with Crippen molar-refractivity contribution >= 4 is 31.5 Å². The van der Waals surface area contributed by atoms with Crippen molar-refractivity contribution in [1.29, 1.82) is 0 Å². The fraction of sp³-hybridized carbons (Fsp3) is 0. The van der Waals surface area contributed by atoms with Crippen LogP contribution in [0.25, 0.3) is 98.8 Å². The molecule has 0 aliphatic heterocycles. The topological polar surface area (TPSA) is 38.7 Å². The molecule has 0 atom stereocenters. The molecule has 0 bridgehead atoms. The summed E-state index contributed by atoms with van der Waals surface area (Å²) >= 11 is 1.85. The molecule has 10 aromatic rings. The van der Waals surface area contributed by atoms with Crippen LogP contribution in [0.4, 0.5) is 0 Å². The summed E-state index contributed by atoms with van der Waals surface area (Å²) in [4.78, 5) is 15.1. The maximum Gasteiger partial charge on any atom is 0.164 e. The van der Waals surface area contributed by atoms with Crippen LogP contribution in [-0.4, -0.2) is 15.0 Å². The van der Waals surface area contributed by atoms with E-state index in [9.17, 15) is 0 Å². The number of benzene rings is 8. The number of fused-ring (bicyclic) bond motifs is 3. The van der Waals surface area contributed by atoms with Gasteiger partial charge in [-0.25, -0.2) is 15.0 Å². The Bertz CT molecular complexity index is 2930. The highest BCUT2D eigenvalue weighted by Gasteiger charge is 2.15. The standard InChI is InChI=1S/C51H33N3S/c1-3-11-34(12-4-1)35-21-23-36(24-22-35)37-25-27-38(28-26-37)42-15-9-16-43(33-42)51-53-49(40-13-5-2-6-14-40)52-50(54-51)41-31-29-39(30-32-41)44-18-10-19-46-45-17-7-8-20-47(45)55-48(44)46/h1-33H. The molecule has 0 spiro atoms. The van der Waals surface area contributed by atoms with Crippen LogP contribution in [0.2, 0.25) is 0 Å². The SMILES string of the molecule is c1ccc(-c2ccc(-c3ccc(-c4cccc(-c5nc(-c6ccccc6)nc(-c6ccc(-c7cccc8c7sc7ccccc78)cc6)n5)c4)cc3)cc2)cc1. The summed E-state index contributed by atoms with van der Waals surface area (Å²) in [5.41, 5.74) is 12.3. The van der Waals surface area contributed by atoms with E-state index in [2.05, 4.69) is 164 Å². The molecular weight excluding hydrogens is 687 g/mol. The smallest absolute Gasteiger partial charge is 0.164 e. The van der Waals surface area contributed by atoms with E-state index in [1.54, 1.807) is 0 Å². The van der Waals surface area contributed by atoms with E-state index in [0.717, 1.165) is 27.8 Å². The second kappa shape index (κ2) is 14.1. The molecule has 0 amide bonds. The highest BCUT2D eigenvalue weighted by molar-refractivity contribution is 7.26. The van der Waals surface area contributed by atoms with Crippen LogP contribution in [0.3, 0.4) is 0 Å². The van der Waals surface area contributed by atoms with Crippen molar-refractivity contribution in [3.8, 4) is 78.7 Å². The van der Waals surface area contributed by atoms with Gasteiger partial charge in [0.1, 0.15) is 0 Å². The van der Waals surface area contributed by atoms with Crippen LogP contribution in [0.1, 0.15) is 0 Å². The Hall–Kier alpha value is -7.01. The molecule has 0 unspecified atom stereocenters. The average Bonchev–Trinajstić information content (AvgIpc) is 3.66. The first kappa shape index (κ1) is 32.6. The molecule has 10 rings (SSSR count). The maximum atomic E-state index is 5.08. The summed E-state index contributed by atoms with van der Waals surface area (Å²) in [6, 6.07) is 70.5. The Labute approximate surface area is 323 Å². The zero-order valence-electron chi connectivity index (χ0n) is 29.8. The van der Waals surface area contributed by atoms with Gasteiger partial charge >= 0.3 is 0 Å². The lowest BCUT2D eigenvalue weighted by atomic mass is 9.97. The molecule has 4 heteroatoms. The highest BCUT2D eigenvalue weighted by atomic mass is 32.1. The minimum atomic E-state index is 0.639. The maximum absolute atomic E-state index is 5.08. The first-order valence-electron chi connectivity index (χ1n) is 18.4. The minimum Gasteiger partial charge on any atom is -0.208 e. The Morgan fingerprint density at radius 1 is 0.273 bits per heavy atom. The molecule has 0 fully saturated rings. The first-order valence-corrected chi connectivity index (χ1v) is 19.2. The van der Waals surface area contributed by atoms with Crippen molar-refractivity contribution in [3.63, 3.8) is 0 Å². The largest absolute Gasteiger partial charge is 0.208 e. The van der Waals surface area contributed by atoms with E-state index >= 15 is 0 Å². The Morgan fingerprint density at radius 2 is 0.673 bits per heavy atom. The van der Waals surface area contributed by atoms with Crippen LogP contribution in [0.5, 0.6) is 0 Å². The molecule has 8 aromatic carbocycles. The molecule has 2 aromatic heterocycles. The lowest BCUT2D eigenvalue weighted by Gasteiger charge is -2.11. The van der Waals surface area contributed by atoms with Gasteiger partial charge in [0, 0.05) is 36.9 Å². The monoisotopic (exact) mass is 719 g/mol. The van der Waals surface area contributed by atoms with Crippen molar-refractivity contribution in [2.24, 2.45) is 0 Å². The Kier molecular flexibility index (Phi) is 8.36. The number of aromatic nitrogens is 3. The second-order valence-electron chi connectivity index (χ2n) is 13.6. The van der Waals surface area contributed by atoms with Gasteiger partial charge in [0.25, 0.3) is 0 Å². The summed E-state index contributed by atoms with van der Waals surface area (Å²) in [5.74, 6) is 1.93. The predicted octanol–water partition coefficient (Wildman–Crippen LogP) is 13.9. The van der Waals surface area contributed by atoms with Gasteiger partial charge in [-0.15, -0.1) is 11.3 Å². The van der Waals surface area contributed by atoms with E-state index in [1.807, 2.05) is 47.7 Å². The van der Waals surface area contributed by atoms with Gasteiger partial charge in [0.05, 0.1) is 0 Å². The molecule has 3 nitrogen and oxygen atoms in total. The molecule has 258 valence electrons. The van der Waals surface area contributed by atoms with Gasteiger partial charge in [0.15, 0.2) is 17.5 Å². The summed E-state index contributed by atoms with van der Waals surface area (Å²) in [6.07, 6.45) is 0. The van der Waals surface area contributed by atoms with Gasteiger partial charge < -0.3 is 0 Å². The molecule has 0 saturated carbocycles. The molecule has 2 heterocycles. The van der Waals surface area contributed by atoms with E-state index < -0.39 is 0 Å². The molecule has 55 heavy (non-hydrogen) atoms. The van der Waals surface area contributed by atoms with E-state index in [1.165, 1.54) is 53.6 Å². The molecular formula is C51H33N3S. The quantitative estimate of drug-likeness (QED) is 0.165. The second-order valence-corrected chi connectivity index (χ2v) is 14.7. The number of hydrogen-bond acceptors (Lipinski definition) is 4. The van der Waals surface area contributed by atoms with Crippen LogP contribution in [0, 0.1) is 0 Å². The van der Waals surface area contributed by atoms with Gasteiger partial charge in [-0.2, -0.15) is 0 Å². The number of hydrogen-bond donors (Lipinski definition) is 0. The lowest BCUT2D eigenvalue weighted by Crippen LogP contribution is -2.00. The van der Waals surface area contributed by atoms with E-state index in [-0.39, 0.29) is 0 Å². The molecule has 0 saturated heterocycles. The highest BCUT2D eigenvalue weighted by Crippen LogP contribution is 2.40. The van der Waals surface area contributed by atoms with Gasteiger partial charge in [-0.3, -0.25) is 0 Å². The minimum absolute atomic E-state index is 0.639. The lowest BCUT2D eigenvalue weighted by molar-refractivity contribution is 1.07. The third kappa shape index (κ3) is 6.39. The van der Waals surface area contributed by atoms with Crippen LogP contribution in [0.15, 0.2) is 200 Å². The number of nitrogens with zero attached hydrogens (tertiary/aromatic N) is 3. The summed E-state index contributed by atoms with van der Waals surface area (Å²) in [6.45, 7) is 0.